The van der Waals surface area contributed by atoms with Crippen LogP contribution < -0.4 is 19.3 Å². The summed E-state index contributed by atoms with van der Waals surface area (Å²) in [5.74, 6) is 0.668. The number of sulfonamides is 1. The minimum absolute atomic E-state index is 0.226. The van der Waals surface area contributed by atoms with Crippen LogP contribution in [-0.2, 0) is 10.0 Å². The van der Waals surface area contributed by atoms with Crippen LogP contribution in [0.1, 0.15) is 0 Å². The Morgan fingerprint density at radius 1 is 0.867 bits per heavy atom. The van der Waals surface area contributed by atoms with Gasteiger partial charge in [0, 0.05) is 26.2 Å². The van der Waals surface area contributed by atoms with Crippen molar-refractivity contribution in [3.63, 3.8) is 0 Å². The second-order valence-electron chi connectivity index (χ2n) is 7.01. The first-order valence-electron chi connectivity index (χ1n) is 9.90. The number of benzene rings is 3. The van der Waals surface area contributed by atoms with Gasteiger partial charge in [-0.15, -0.1) is 0 Å². The maximum Gasteiger partial charge on any atom is 0.268 e. The highest BCUT2D eigenvalue weighted by Crippen LogP contribution is 2.36. The predicted octanol–water partition coefficient (Wildman–Crippen LogP) is 3.63. The molecule has 1 fully saturated rings. The Bertz CT molecular complexity index is 1040. The second-order valence-corrected chi connectivity index (χ2v) is 8.80. The highest BCUT2D eigenvalue weighted by Gasteiger charge is 2.28. The molecule has 3 aromatic carbocycles. The second kappa shape index (κ2) is 8.77. The molecule has 0 aliphatic carbocycles. The Morgan fingerprint density at radius 2 is 1.43 bits per heavy atom. The van der Waals surface area contributed by atoms with Crippen LogP contribution in [-0.4, -0.2) is 41.7 Å². The highest BCUT2D eigenvalue weighted by atomic mass is 32.2. The van der Waals surface area contributed by atoms with Crippen molar-refractivity contribution in [2.45, 2.75) is 4.90 Å². The Kier molecular flexibility index (Phi) is 5.92. The lowest BCUT2D eigenvalue weighted by atomic mass is 10.2. The largest absolute Gasteiger partial charge is 0.495 e. The fraction of sp³-hybridized carbons (Fsp3) is 0.217. The zero-order valence-corrected chi connectivity index (χ0v) is 17.7. The van der Waals surface area contributed by atoms with Gasteiger partial charge < -0.3 is 15.0 Å². The first-order valence-corrected chi connectivity index (χ1v) is 11.3. The van der Waals surface area contributed by atoms with Crippen LogP contribution in [0.5, 0.6) is 5.75 Å². The van der Waals surface area contributed by atoms with Crippen LogP contribution in [0.15, 0.2) is 83.8 Å². The van der Waals surface area contributed by atoms with E-state index in [-0.39, 0.29) is 4.90 Å². The lowest BCUT2D eigenvalue weighted by Gasteiger charge is -2.31. The van der Waals surface area contributed by atoms with Gasteiger partial charge >= 0.3 is 0 Å². The number of nitrogens with one attached hydrogen (secondary N) is 1. The standard InChI is InChI=1S/C23H25N3O3S/c1-29-23-13-12-21(18-22(23)25-16-14-24-15-17-25)30(27,28)26(19-8-4-2-5-9-19)20-10-6-3-7-11-20/h2-13,18,24H,14-17H2,1H3. The first kappa shape index (κ1) is 20.3. The summed E-state index contributed by atoms with van der Waals surface area (Å²) in [4.78, 5) is 2.38. The van der Waals surface area contributed by atoms with Gasteiger partial charge in [-0.2, -0.15) is 0 Å². The molecule has 1 N–H and O–H groups in total. The molecule has 30 heavy (non-hydrogen) atoms. The summed E-state index contributed by atoms with van der Waals surface area (Å²) >= 11 is 0. The highest BCUT2D eigenvalue weighted by molar-refractivity contribution is 7.93. The van der Waals surface area contributed by atoms with Crippen LogP contribution in [0.2, 0.25) is 0 Å². The van der Waals surface area contributed by atoms with Crippen LogP contribution in [0.3, 0.4) is 0 Å². The summed E-state index contributed by atoms with van der Waals surface area (Å²) in [6.07, 6.45) is 0. The normalized spacial score (nSPS) is 14.4. The number of nitrogens with zero attached hydrogens (tertiary/aromatic N) is 2. The van der Waals surface area contributed by atoms with E-state index in [1.54, 1.807) is 49.6 Å². The van der Waals surface area contributed by atoms with E-state index in [2.05, 4.69) is 10.2 Å². The van der Waals surface area contributed by atoms with Gasteiger partial charge in [-0.05, 0) is 42.5 Å². The monoisotopic (exact) mass is 423 g/mol. The molecular weight excluding hydrogens is 398 g/mol. The maximum absolute atomic E-state index is 13.8. The molecule has 0 amide bonds. The van der Waals surface area contributed by atoms with Gasteiger partial charge in [-0.1, -0.05) is 36.4 Å². The molecule has 4 rings (SSSR count). The van der Waals surface area contributed by atoms with Gasteiger partial charge in [0.05, 0.1) is 29.1 Å². The van der Waals surface area contributed by atoms with E-state index in [0.29, 0.717) is 17.1 Å². The number of piperazine rings is 1. The van der Waals surface area contributed by atoms with Crippen molar-refractivity contribution in [1.29, 1.82) is 0 Å². The molecule has 0 aromatic heterocycles. The number of anilines is 3. The summed E-state index contributed by atoms with van der Waals surface area (Å²) in [5, 5.41) is 3.32. The van der Waals surface area contributed by atoms with E-state index in [1.165, 1.54) is 4.31 Å². The zero-order chi connectivity index (χ0) is 21.0. The third-order valence-corrected chi connectivity index (χ3v) is 6.88. The maximum atomic E-state index is 13.8. The summed E-state index contributed by atoms with van der Waals surface area (Å²) in [5.41, 5.74) is 1.97. The van der Waals surface area contributed by atoms with Crippen LogP contribution in [0, 0.1) is 0 Å². The van der Waals surface area contributed by atoms with Crippen molar-refractivity contribution in [2.75, 3.05) is 42.5 Å². The van der Waals surface area contributed by atoms with Gasteiger partial charge in [0.15, 0.2) is 0 Å². The van der Waals surface area contributed by atoms with Crippen molar-refractivity contribution in [1.82, 2.24) is 5.32 Å². The summed E-state index contributed by atoms with van der Waals surface area (Å²) in [7, 11) is -2.25. The molecule has 156 valence electrons. The van der Waals surface area contributed by atoms with Gasteiger partial charge in [0.2, 0.25) is 0 Å². The van der Waals surface area contributed by atoms with Crippen molar-refractivity contribution >= 4 is 27.1 Å². The molecule has 1 aliphatic heterocycles. The summed E-state index contributed by atoms with van der Waals surface area (Å²) in [6.45, 7) is 3.28. The van der Waals surface area contributed by atoms with E-state index >= 15 is 0 Å². The molecule has 6 nitrogen and oxygen atoms in total. The fourth-order valence-corrected chi connectivity index (χ4v) is 5.15. The van der Waals surface area contributed by atoms with Crippen molar-refractivity contribution in [2.24, 2.45) is 0 Å². The van der Waals surface area contributed by atoms with Crippen molar-refractivity contribution in [3.05, 3.63) is 78.9 Å². The van der Waals surface area contributed by atoms with E-state index in [1.807, 2.05) is 36.4 Å². The van der Waals surface area contributed by atoms with Gasteiger partial charge in [-0.25, -0.2) is 12.7 Å². The minimum atomic E-state index is -3.86. The molecule has 3 aromatic rings. The van der Waals surface area contributed by atoms with Crippen LogP contribution in [0.4, 0.5) is 17.1 Å². The molecule has 0 unspecified atom stereocenters. The quantitative estimate of drug-likeness (QED) is 0.656. The first-order chi connectivity index (χ1) is 14.6. The molecule has 0 atom stereocenters. The minimum Gasteiger partial charge on any atom is -0.495 e. The molecule has 0 radical (unpaired) electrons. The topological polar surface area (TPSA) is 61.9 Å². The van der Waals surface area contributed by atoms with Gasteiger partial charge in [-0.3, -0.25) is 0 Å². The Morgan fingerprint density at radius 3 is 1.97 bits per heavy atom. The smallest absolute Gasteiger partial charge is 0.268 e. The molecule has 1 heterocycles. The van der Waals surface area contributed by atoms with Gasteiger partial charge in [0.25, 0.3) is 10.0 Å². The van der Waals surface area contributed by atoms with Crippen molar-refractivity contribution < 1.29 is 13.2 Å². The zero-order valence-electron chi connectivity index (χ0n) is 16.9. The lowest BCUT2D eigenvalue weighted by Crippen LogP contribution is -2.43. The molecule has 0 spiro atoms. The predicted molar refractivity (Wildman–Crippen MR) is 120 cm³/mol. The third-order valence-electron chi connectivity index (χ3n) is 5.13. The molecule has 1 saturated heterocycles. The van der Waals surface area contributed by atoms with Crippen LogP contribution >= 0.6 is 0 Å². The van der Waals surface area contributed by atoms with Gasteiger partial charge in [0.1, 0.15) is 5.75 Å². The average molecular weight is 424 g/mol. The number of rotatable bonds is 6. The summed E-state index contributed by atoms with van der Waals surface area (Å²) in [6, 6.07) is 23.3. The molecule has 0 bridgehead atoms. The molecule has 1 aliphatic rings. The van der Waals surface area contributed by atoms with E-state index < -0.39 is 10.0 Å². The number of methoxy groups -OCH3 is 1. The molecule has 7 heteroatoms. The van der Waals surface area contributed by atoms with E-state index in [9.17, 15) is 8.42 Å². The summed E-state index contributed by atoms with van der Waals surface area (Å²) < 4.78 is 34.6. The average Bonchev–Trinajstić information content (AvgIpc) is 2.80. The number of ether oxygens (including phenoxy) is 1. The van der Waals surface area contributed by atoms with E-state index in [0.717, 1.165) is 31.9 Å². The number of para-hydroxylation sites is 2. The number of hydrogen-bond acceptors (Lipinski definition) is 5. The SMILES string of the molecule is COc1ccc(S(=O)(=O)N(c2ccccc2)c2ccccc2)cc1N1CCNCC1. The van der Waals surface area contributed by atoms with E-state index in [4.69, 9.17) is 4.74 Å². The Hall–Kier alpha value is -3.03. The Balaban J connectivity index is 1.82. The van der Waals surface area contributed by atoms with Crippen molar-refractivity contribution in [3.8, 4) is 5.75 Å². The number of hydrogen-bond donors (Lipinski definition) is 1. The Labute approximate surface area is 177 Å². The van der Waals surface area contributed by atoms with Crippen LogP contribution in [0.25, 0.3) is 0 Å². The molecular formula is C23H25N3O3S. The third kappa shape index (κ3) is 3.99. The fourth-order valence-electron chi connectivity index (χ4n) is 3.64. The lowest BCUT2D eigenvalue weighted by molar-refractivity contribution is 0.412. The molecule has 0 saturated carbocycles.